The van der Waals surface area contributed by atoms with Gasteiger partial charge in [0.25, 0.3) is 0 Å². The Hall–Kier alpha value is -3.72. The molecule has 0 radical (unpaired) electrons. The van der Waals surface area contributed by atoms with Gasteiger partial charge in [0.1, 0.15) is 12.1 Å². The van der Waals surface area contributed by atoms with Gasteiger partial charge in [-0.05, 0) is 41.5 Å². The number of nitrogens with one attached hydrogen (secondary N) is 1. The van der Waals surface area contributed by atoms with Crippen LogP contribution in [-0.4, -0.2) is 38.1 Å². The van der Waals surface area contributed by atoms with Gasteiger partial charge in [-0.2, -0.15) is 0 Å². The zero-order chi connectivity index (χ0) is 22.1. The number of aromatic nitrogens is 2. The highest BCUT2D eigenvalue weighted by molar-refractivity contribution is 7.22. The minimum Gasteiger partial charge on any atom is -0.493 e. The van der Waals surface area contributed by atoms with Gasteiger partial charge in [0.15, 0.2) is 23.0 Å². The van der Waals surface area contributed by atoms with Crippen LogP contribution in [0.1, 0.15) is 5.56 Å². The molecule has 0 fully saturated rings. The smallest absolute Gasteiger partial charge is 0.231 e. The molecule has 8 nitrogen and oxygen atoms in total. The van der Waals surface area contributed by atoms with Crippen molar-refractivity contribution in [2.45, 2.75) is 6.54 Å². The van der Waals surface area contributed by atoms with Gasteiger partial charge in [0.2, 0.25) is 12.5 Å². The van der Waals surface area contributed by atoms with Crippen LogP contribution < -0.4 is 29.0 Å². The highest BCUT2D eigenvalue weighted by Crippen LogP contribution is 2.44. The Morgan fingerprint density at radius 1 is 0.938 bits per heavy atom. The van der Waals surface area contributed by atoms with Gasteiger partial charge in [-0.15, -0.1) is 11.3 Å². The summed E-state index contributed by atoms with van der Waals surface area (Å²) in [5, 5.41) is 3.42. The molecule has 0 saturated carbocycles. The van der Waals surface area contributed by atoms with E-state index in [4.69, 9.17) is 23.7 Å². The Labute approximate surface area is 188 Å². The summed E-state index contributed by atoms with van der Waals surface area (Å²) in [6.45, 7) is 0.859. The van der Waals surface area contributed by atoms with Crippen molar-refractivity contribution in [3.05, 3.63) is 48.3 Å². The van der Waals surface area contributed by atoms with Crippen molar-refractivity contribution in [3.8, 4) is 39.2 Å². The van der Waals surface area contributed by atoms with E-state index >= 15 is 0 Å². The lowest BCUT2D eigenvalue weighted by Gasteiger charge is -2.13. The SMILES string of the molecule is COc1cc(-c2cc3ncnc(NCc4ccc5c(c4)OCO5)c3s2)cc(OC)c1OC. The van der Waals surface area contributed by atoms with Crippen molar-refractivity contribution in [2.75, 3.05) is 33.4 Å². The molecule has 0 unspecified atom stereocenters. The molecule has 164 valence electrons. The highest BCUT2D eigenvalue weighted by Gasteiger charge is 2.17. The fourth-order valence-corrected chi connectivity index (χ4v) is 4.65. The third-order valence-electron chi connectivity index (χ3n) is 5.16. The van der Waals surface area contributed by atoms with Gasteiger partial charge in [-0.25, -0.2) is 9.97 Å². The fourth-order valence-electron chi connectivity index (χ4n) is 3.58. The molecule has 9 heteroatoms. The average molecular weight is 452 g/mol. The van der Waals surface area contributed by atoms with Crippen LogP contribution in [0, 0.1) is 0 Å². The number of thiophene rings is 1. The number of methoxy groups -OCH3 is 3. The van der Waals surface area contributed by atoms with E-state index in [1.807, 2.05) is 36.4 Å². The van der Waals surface area contributed by atoms with E-state index in [0.717, 1.165) is 43.5 Å². The average Bonchev–Trinajstić information content (AvgIpc) is 3.48. The zero-order valence-electron chi connectivity index (χ0n) is 17.8. The lowest BCUT2D eigenvalue weighted by Crippen LogP contribution is -2.01. The van der Waals surface area contributed by atoms with Gasteiger partial charge < -0.3 is 29.0 Å². The number of rotatable bonds is 7. The quantitative estimate of drug-likeness (QED) is 0.432. The molecular formula is C23H21N3O5S. The summed E-state index contributed by atoms with van der Waals surface area (Å²) in [5.41, 5.74) is 2.88. The molecular weight excluding hydrogens is 430 g/mol. The normalized spacial score (nSPS) is 12.1. The minimum atomic E-state index is 0.262. The third-order valence-corrected chi connectivity index (χ3v) is 6.34. The zero-order valence-corrected chi connectivity index (χ0v) is 18.6. The summed E-state index contributed by atoms with van der Waals surface area (Å²) in [5.74, 6) is 4.07. The van der Waals surface area contributed by atoms with Gasteiger partial charge in [-0.3, -0.25) is 0 Å². The van der Waals surface area contributed by atoms with E-state index in [1.54, 1.807) is 39.0 Å². The molecule has 0 atom stereocenters. The molecule has 1 N–H and O–H groups in total. The summed E-state index contributed by atoms with van der Waals surface area (Å²) >= 11 is 1.60. The van der Waals surface area contributed by atoms with Crippen molar-refractivity contribution in [1.29, 1.82) is 0 Å². The summed E-state index contributed by atoms with van der Waals surface area (Å²) in [6.07, 6.45) is 1.57. The maximum absolute atomic E-state index is 5.50. The topological polar surface area (TPSA) is 84.0 Å². The third kappa shape index (κ3) is 3.60. The molecule has 5 rings (SSSR count). The van der Waals surface area contributed by atoms with Crippen LogP contribution in [0.5, 0.6) is 28.7 Å². The predicted molar refractivity (Wildman–Crippen MR) is 122 cm³/mol. The second-order valence-corrected chi connectivity index (χ2v) is 8.05. The minimum absolute atomic E-state index is 0.262. The Balaban J connectivity index is 1.46. The molecule has 0 saturated heterocycles. The Kier molecular flexibility index (Phi) is 5.32. The molecule has 1 aliphatic rings. The summed E-state index contributed by atoms with van der Waals surface area (Å²) < 4.78 is 28.2. The van der Waals surface area contributed by atoms with Crippen LogP contribution in [-0.2, 0) is 6.54 Å². The van der Waals surface area contributed by atoms with Gasteiger partial charge in [0, 0.05) is 11.4 Å². The van der Waals surface area contributed by atoms with Crippen molar-refractivity contribution < 1.29 is 23.7 Å². The molecule has 2 aromatic heterocycles. The highest BCUT2D eigenvalue weighted by atomic mass is 32.1. The number of ether oxygens (including phenoxy) is 5. The maximum Gasteiger partial charge on any atom is 0.231 e. The van der Waals surface area contributed by atoms with Crippen LogP contribution >= 0.6 is 11.3 Å². The van der Waals surface area contributed by atoms with Crippen LogP contribution in [0.2, 0.25) is 0 Å². The van der Waals surface area contributed by atoms with E-state index in [-0.39, 0.29) is 6.79 Å². The van der Waals surface area contributed by atoms with Gasteiger partial charge >= 0.3 is 0 Å². The van der Waals surface area contributed by atoms with Crippen LogP contribution in [0.25, 0.3) is 20.7 Å². The summed E-state index contributed by atoms with van der Waals surface area (Å²) in [7, 11) is 4.80. The number of fused-ring (bicyclic) bond motifs is 2. The Bertz CT molecular complexity index is 1270. The summed E-state index contributed by atoms with van der Waals surface area (Å²) in [6, 6.07) is 11.8. The Morgan fingerprint density at radius 3 is 2.47 bits per heavy atom. The Morgan fingerprint density at radius 2 is 1.72 bits per heavy atom. The van der Waals surface area contributed by atoms with E-state index in [0.29, 0.717) is 23.8 Å². The monoisotopic (exact) mass is 451 g/mol. The largest absolute Gasteiger partial charge is 0.493 e. The first kappa shape index (κ1) is 20.2. The number of benzene rings is 2. The molecule has 1 aliphatic heterocycles. The van der Waals surface area contributed by atoms with E-state index < -0.39 is 0 Å². The first-order valence-corrected chi connectivity index (χ1v) is 10.7. The molecule has 0 bridgehead atoms. The van der Waals surface area contributed by atoms with Crippen LogP contribution in [0.3, 0.4) is 0 Å². The van der Waals surface area contributed by atoms with Crippen molar-refractivity contribution >= 4 is 27.4 Å². The van der Waals surface area contributed by atoms with Crippen LogP contribution in [0.15, 0.2) is 42.7 Å². The molecule has 32 heavy (non-hydrogen) atoms. The second-order valence-electron chi connectivity index (χ2n) is 7.00. The van der Waals surface area contributed by atoms with Crippen molar-refractivity contribution in [3.63, 3.8) is 0 Å². The van der Waals surface area contributed by atoms with Crippen molar-refractivity contribution in [2.24, 2.45) is 0 Å². The molecule has 2 aromatic carbocycles. The first-order valence-electron chi connectivity index (χ1n) is 9.87. The maximum atomic E-state index is 5.50. The molecule has 4 aromatic rings. The second kappa shape index (κ2) is 8.43. The fraction of sp³-hybridized carbons (Fsp3) is 0.217. The molecule has 0 spiro atoms. The lowest BCUT2D eigenvalue weighted by atomic mass is 10.1. The first-order chi connectivity index (χ1) is 15.7. The van der Waals surface area contributed by atoms with Crippen LogP contribution in [0.4, 0.5) is 5.82 Å². The van der Waals surface area contributed by atoms with Gasteiger partial charge in [-0.1, -0.05) is 6.07 Å². The van der Waals surface area contributed by atoms with Crippen molar-refractivity contribution in [1.82, 2.24) is 9.97 Å². The summed E-state index contributed by atoms with van der Waals surface area (Å²) in [4.78, 5) is 9.92. The number of nitrogens with zero attached hydrogens (tertiary/aromatic N) is 2. The molecule has 0 amide bonds. The number of hydrogen-bond donors (Lipinski definition) is 1. The predicted octanol–water partition coefficient (Wildman–Crippen LogP) is 4.72. The number of anilines is 1. The van der Waals surface area contributed by atoms with Gasteiger partial charge in [0.05, 0.1) is 31.5 Å². The lowest BCUT2D eigenvalue weighted by molar-refractivity contribution is 0.174. The van der Waals surface area contributed by atoms with E-state index in [9.17, 15) is 0 Å². The van der Waals surface area contributed by atoms with E-state index in [1.165, 1.54) is 0 Å². The van der Waals surface area contributed by atoms with E-state index in [2.05, 4.69) is 15.3 Å². The molecule has 3 heterocycles. The molecule has 0 aliphatic carbocycles. The number of hydrogen-bond acceptors (Lipinski definition) is 9. The standard InChI is InChI=1S/C23H21N3O5S/c1-27-18-7-14(8-19(28-2)21(18)29-3)20-9-15-22(32-20)23(26-11-25-15)24-10-13-4-5-16-17(6-13)31-12-30-16/h4-9,11H,10,12H2,1-3H3,(H,24,25,26).